The molecule has 0 aliphatic rings. The zero-order chi connectivity index (χ0) is 15.1. The Bertz CT molecular complexity index is 603. The van der Waals surface area contributed by atoms with E-state index in [9.17, 15) is 9.59 Å². The zero-order valence-electron chi connectivity index (χ0n) is 11.8. The predicted octanol–water partition coefficient (Wildman–Crippen LogP) is 3.08. The molecule has 0 saturated heterocycles. The smallest absolute Gasteiger partial charge is 0.262 e. The summed E-state index contributed by atoms with van der Waals surface area (Å²) < 4.78 is 5.36. The van der Waals surface area contributed by atoms with Crippen LogP contribution >= 0.6 is 0 Å². The monoisotopic (exact) mass is 283 g/mol. The van der Waals surface area contributed by atoms with E-state index in [2.05, 4.69) is 12.2 Å². The van der Waals surface area contributed by atoms with Gasteiger partial charge >= 0.3 is 0 Å². The Balaban J connectivity index is 1.84. The van der Waals surface area contributed by atoms with Crippen molar-refractivity contribution >= 4 is 17.9 Å². The second-order valence-electron chi connectivity index (χ2n) is 4.57. The molecule has 2 aromatic carbocycles. The van der Waals surface area contributed by atoms with E-state index in [1.165, 1.54) is 5.56 Å². The van der Waals surface area contributed by atoms with Crippen LogP contribution in [-0.2, 0) is 11.2 Å². The van der Waals surface area contributed by atoms with Crippen molar-refractivity contribution in [3.8, 4) is 5.75 Å². The molecule has 0 bridgehead atoms. The molecule has 0 aliphatic heterocycles. The maximum absolute atomic E-state index is 11.8. The number of anilines is 1. The Labute approximate surface area is 123 Å². The van der Waals surface area contributed by atoms with Gasteiger partial charge in [-0.05, 0) is 48.4 Å². The lowest BCUT2D eigenvalue weighted by molar-refractivity contribution is -0.118. The van der Waals surface area contributed by atoms with Crippen LogP contribution in [0.3, 0.4) is 0 Å². The summed E-state index contributed by atoms with van der Waals surface area (Å²) in [5.41, 5.74) is 2.54. The van der Waals surface area contributed by atoms with Gasteiger partial charge in [0.05, 0.1) is 0 Å². The van der Waals surface area contributed by atoms with Crippen molar-refractivity contribution < 1.29 is 14.3 Å². The van der Waals surface area contributed by atoms with E-state index in [4.69, 9.17) is 4.74 Å². The van der Waals surface area contributed by atoms with Crippen LogP contribution < -0.4 is 10.1 Å². The summed E-state index contributed by atoms with van der Waals surface area (Å²) in [6.07, 6.45) is 1.73. The van der Waals surface area contributed by atoms with Crippen molar-refractivity contribution in [3.05, 3.63) is 59.7 Å². The maximum Gasteiger partial charge on any atom is 0.262 e. The molecule has 1 amide bonds. The van der Waals surface area contributed by atoms with E-state index < -0.39 is 0 Å². The number of hydrogen-bond donors (Lipinski definition) is 1. The van der Waals surface area contributed by atoms with Gasteiger partial charge in [0.1, 0.15) is 12.0 Å². The number of hydrogen-bond acceptors (Lipinski definition) is 3. The highest BCUT2D eigenvalue weighted by Crippen LogP contribution is 2.12. The van der Waals surface area contributed by atoms with Crippen LogP contribution in [0.2, 0.25) is 0 Å². The highest BCUT2D eigenvalue weighted by atomic mass is 16.5. The Hall–Kier alpha value is -2.62. The molecule has 0 saturated carbocycles. The lowest BCUT2D eigenvalue weighted by Crippen LogP contribution is -2.20. The van der Waals surface area contributed by atoms with E-state index in [-0.39, 0.29) is 12.5 Å². The lowest BCUT2D eigenvalue weighted by atomic mass is 10.1. The molecular weight excluding hydrogens is 266 g/mol. The number of carbonyl (C=O) groups is 2. The summed E-state index contributed by atoms with van der Waals surface area (Å²) in [4.78, 5) is 22.3. The highest BCUT2D eigenvalue weighted by molar-refractivity contribution is 5.91. The van der Waals surface area contributed by atoms with Crippen LogP contribution in [0.15, 0.2) is 48.5 Å². The van der Waals surface area contributed by atoms with Crippen molar-refractivity contribution in [2.75, 3.05) is 11.9 Å². The summed E-state index contributed by atoms with van der Waals surface area (Å²) >= 11 is 0. The Kier molecular flexibility index (Phi) is 5.10. The third-order valence-electron chi connectivity index (χ3n) is 3.03. The van der Waals surface area contributed by atoms with Crippen LogP contribution in [0.25, 0.3) is 0 Å². The van der Waals surface area contributed by atoms with Crippen molar-refractivity contribution in [1.29, 1.82) is 0 Å². The molecular formula is C17H17NO3. The van der Waals surface area contributed by atoms with Gasteiger partial charge < -0.3 is 10.1 Å². The van der Waals surface area contributed by atoms with Gasteiger partial charge in [0, 0.05) is 11.3 Å². The van der Waals surface area contributed by atoms with E-state index in [1.54, 1.807) is 24.3 Å². The SMILES string of the molecule is CCc1ccc(NC(=O)COc2ccc(C=O)cc2)cc1. The molecule has 0 fully saturated rings. The van der Waals surface area contributed by atoms with Crippen LogP contribution in [0.5, 0.6) is 5.75 Å². The molecule has 4 nitrogen and oxygen atoms in total. The van der Waals surface area contributed by atoms with Gasteiger partial charge in [-0.2, -0.15) is 0 Å². The minimum Gasteiger partial charge on any atom is -0.484 e. The normalized spacial score (nSPS) is 9.95. The number of benzene rings is 2. The van der Waals surface area contributed by atoms with Crippen molar-refractivity contribution in [3.63, 3.8) is 0 Å². The van der Waals surface area contributed by atoms with E-state index in [0.717, 1.165) is 18.4 Å². The number of nitrogens with one attached hydrogen (secondary N) is 1. The number of ether oxygens (including phenoxy) is 1. The Morgan fingerprint density at radius 3 is 2.33 bits per heavy atom. The minimum atomic E-state index is -0.223. The average molecular weight is 283 g/mol. The van der Waals surface area contributed by atoms with Crippen molar-refractivity contribution in [2.24, 2.45) is 0 Å². The van der Waals surface area contributed by atoms with Crippen molar-refractivity contribution in [2.45, 2.75) is 13.3 Å². The number of aldehydes is 1. The first-order chi connectivity index (χ1) is 10.2. The van der Waals surface area contributed by atoms with Gasteiger partial charge in [0.2, 0.25) is 0 Å². The molecule has 4 heteroatoms. The molecule has 0 aliphatic carbocycles. The van der Waals surface area contributed by atoms with Gasteiger partial charge in [0.15, 0.2) is 6.61 Å². The largest absolute Gasteiger partial charge is 0.484 e. The molecule has 0 heterocycles. The van der Waals surface area contributed by atoms with Gasteiger partial charge in [-0.15, -0.1) is 0 Å². The molecule has 108 valence electrons. The number of rotatable bonds is 6. The topological polar surface area (TPSA) is 55.4 Å². The number of aryl methyl sites for hydroxylation is 1. The van der Waals surface area contributed by atoms with E-state index in [1.807, 2.05) is 24.3 Å². The molecule has 0 spiro atoms. The predicted molar refractivity (Wildman–Crippen MR) is 81.8 cm³/mol. The first-order valence-corrected chi connectivity index (χ1v) is 6.78. The van der Waals surface area contributed by atoms with Crippen LogP contribution in [0.4, 0.5) is 5.69 Å². The Morgan fingerprint density at radius 1 is 1.10 bits per heavy atom. The molecule has 0 radical (unpaired) electrons. The van der Waals surface area contributed by atoms with Crippen LogP contribution in [0.1, 0.15) is 22.8 Å². The first-order valence-electron chi connectivity index (χ1n) is 6.78. The summed E-state index contributed by atoms with van der Waals surface area (Å²) in [5, 5.41) is 2.77. The second kappa shape index (κ2) is 7.24. The molecule has 2 aromatic rings. The third-order valence-corrected chi connectivity index (χ3v) is 3.03. The highest BCUT2D eigenvalue weighted by Gasteiger charge is 2.04. The molecule has 1 N–H and O–H groups in total. The molecule has 21 heavy (non-hydrogen) atoms. The van der Waals surface area contributed by atoms with E-state index in [0.29, 0.717) is 11.3 Å². The van der Waals surface area contributed by atoms with Crippen molar-refractivity contribution in [1.82, 2.24) is 0 Å². The lowest BCUT2D eigenvalue weighted by Gasteiger charge is -2.08. The average Bonchev–Trinajstić information content (AvgIpc) is 2.54. The summed E-state index contributed by atoms with van der Waals surface area (Å²) in [6, 6.07) is 14.3. The van der Waals surface area contributed by atoms with Crippen LogP contribution in [-0.4, -0.2) is 18.8 Å². The summed E-state index contributed by atoms with van der Waals surface area (Å²) in [5.74, 6) is 0.329. The molecule has 2 rings (SSSR count). The first kappa shape index (κ1) is 14.8. The van der Waals surface area contributed by atoms with Gasteiger partial charge in [-0.1, -0.05) is 19.1 Å². The van der Waals surface area contributed by atoms with E-state index >= 15 is 0 Å². The van der Waals surface area contributed by atoms with Crippen LogP contribution in [0, 0.1) is 0 Å². The third kappa shape index (κ3) is 4.45. The fourth-order valence-electron chi connectivity index (χ4n) is 1.81. The summed E-state index contributed by atoms with van der Waals surface area (Å²) in [6.45, 7) is 2.01. The fourth-order valence-corrected chi connectivity index (χ4v) is 1.81. The Morgan fingerprint density at radius 2 is 1.76 bits per heavy atom. The molecule has 0 atom stereocenters. The standard InChI is InChI=1S/C17H17NO3/c1-2-13-3-7-15(8-4-13)18-17(20)12-21-16-9-5-14(11-19)6-10-16/h3-11H,2,12H2,1H3,(H,18,20). The number of amides is 1. The van der Waals surface area contributed by atoms with Gasteiger partial charge in [-0.25, -0.2) is 0 Å². The van der Waals surface area contributed by atoms with Gasteiger partial charge in [-0.3, -0.25) is 9.59 Å². The molecule has 0 aromatic heterocycles. The summed E-state index contributed by atoms with van der Waals surface area (Å²) in [7, 11) is 0. The quantitative estimate of drug-likeness (QED) is 0.829. The minimum absolute atomic E-state index is 0.0734. The fraction of sp³-hybridized carbons (Fsp3) is 0.176. The second-order valence-corrected chi connectivity index (χ2v) is 4.57. The molecule has 0 unspecified atom stereocenters. The number of carbonyl (C=O) groups excluding carboxylic acids is 2. The maximum atomic E-state index is 11.8. The van der Waals surface area contributed by atoms with Gasteiger partial charge in [0.25, 0.3) is 5.91 Å². The zero-order valence-corrected chi connectivity index (χ0v) is 11.8.